The Morgan fingerprint density at radius 2 is 0.926 bits per heavy atom. The lowest BCUT2D eigenvalue weighted by Gasteiger charge is -2.23. The minimum atomic E-state index is 0.169. The summed E-state index contributed by atoms with van der Waals surface area (Å²) in [4.78, 5) is 14.6. The van der Waals surface area contributed by atoms with E-state index in [1.54, 1.807) is 0 Å². The van der Waals surface area contributed by atoms with Gasteiger partial charge >= 0.3 is 6.03 Å². The second kappa shape index (κ2) is 21.6. The quantitative estimate of drug-likeness (QED) is 0.215. The SMILES string of the molecule is CCCCCCCCCCCNC(=O)N(CCCCCC)CCCCCC. The van der Waals surface area contributed by atoms with Gasteiger partial charge in [0.15, 0.2) is 0 Å². The molecule has 3 heteroatoms. The number of urea groups is 1. The zero-order valence-electron chi connectivity index (χ0n) is 19.0. The van der Waals surface area contributed by atoms with Gasteiger partial charge in [-0.2, -0.15) is 0 Å². The zero-order chi connectivity index (χ0) is 20.0. The van der Waals surface area contributed by atoms with Gasteiger partial charge in [-0.05, 0) is 19.3 Å². The van der Waals surface area contributed by atoms with E-state index in [4.69, 9.17) is 0 Å². The molecule has 0 heterocycles. The van der Waals surface area contributed by atoms with Crippen LogP contribution in [0.3, 0.4) is 0 Å². The van der Waals surface area contributed by atoms with Gasteiger partial charge in [-0.3, -0.25) is 0 Å². The molecule has 2 amide bonds. The van der Waals surface area contributed by atoms with E-state index in [2.05, 4.69) is 31.0 Å². The Morgan fingerprint density at radius 1 is 0.556 bits per heavy atom. The maximum Gasteiger partial charge on any atom is 0.317 e. The third kappa shape index (κ3) is 18.4. The van der Waals surface area contributed by atoms with Gasteiger partial charge in [-0.1, -0.05) is 111 Å². The van der Waals surface area contributed by atoms with Crippen molar-refractivity contribution in [2.24, 2.45) is 0 Å². The normalized spacial score (nSPS) is 10.9. The molecule has 0 aliphatic heterocycles. The number of unbranched alkanes of at least 4 members (excludes halogenated alkanes) is 14. The molecule has 27 heavy (non-hydrogen) atoms. The fourth-order valence-electron chi connectivity index (χ4n) is 3.52. The highest BCUT2D eigenvalue weighted by atomic mass is 16.2. The van der Waals surface area contributed by atoms with Crippen molar-refractivity contribution >= 4 is 6.03 Å². The van der Waals surface area contributed by atoms with Crippen LogP contribution < -0.4 is 5.32 Å². The highest BCUT2D eigenvalue weighted by Crippen LogP contribution is 2.09. The van der Waals surface area contributed by atoms with Crippen LogP contribution in [0.15, 0.2) is 0 Å². The molecule has 0 spiro atoms. The van der Waals surface area contributed by atoms with Crippen molar-refractivity contribution in [1.82, 2.24) is 10.2 Å². The highest BCUT2D eigenvalue weighted by molar-refractivity contribution is 5.74. The van der Waals surface area contributed by atoms with Crippen LogP contribution in [0.4, 0.5) is 4.79 Å². The third-order valence-electron chi connectivity index (χ3n) is 5.41. The number of amides is 2. The van der Waals surface area contributed by atoms with Crippen molar-refractivity contribution in [3.63, 3.8) is 0 Å². The summed E-state index contributed by atoms with van der Waals surface area (Å²) in [6, 6.07) is 0.169. The summed E-state index contributed by atoms with van der Waals surface area (Å²) in [5.74, 6) is 0. The Labute approximate surface area is 171 Å². The molecule has 0 bridgehead atoms. The molecule has 1 N–H and O–H groups in total. The fourth-order valence-corrected chi connectivity index (χ4v) is 3.52. The zero-order valence-corrected chi connectivity index (χ0v) is 19.0. The molecule has 3 nitrogen and oxygen atoms in total. The number of nitrogens with zero attached hydrogens (tertiary/aromatic N) is 1. The van der Waals surface area contributed by atoms with E-state index in [9.17, 15) is 4.79 Å². The van der Waals surface area contributed by atoms with Crippen molar-refractivity contribution in [2.75, 3.05) is 19.6 Å². The predicted molar refractivity (Wildman–Crippen MR) is 120 cm³/mol. The predicted octanol–water partition coefficient (Wildman–Crippen LogP) is 7.69. The van der Waals surface area contributed by atoms with Crippen LogP contribution >= 0.6 is 0 Å². The van der Waals surface area contributed by atoms with Crippen LogP contribution in [0.5, 0.6) is 0 Å². The molecule has 0 saturated heterocycles. The van der Waals surface area contributed by atoms with E-state index in [-0.39, 0.29) is 6.03 Å². The van der Waals surface area contributed by atoms with Gasteiger partial charge in [0.25, 0.3) is 0 Å². The number of carbonyl (C=O) groups is 1. The summed E-state index contributed by atoms with van der Waals surface area (Å²) < 4.78 is 0. The van der Waals surface area contributed by atoms with E-state index >= 15 is 0 Å². The Bertz CT molecular complexity index is 295. The molecule has 0 unspecified atom stereocenters. The van der Waals surface area contributed by atoms with Crippen LogP contribution in [0.2, 0.25) is 0 Å². The minimum absolute atomic E-state index is 0.169. The van der Waals surface area contributed by atoms with Crippen LogP contribution in [-0.4, -0.2) is 30.6 Å². The lowest BCUT2D eigenvalue weighted by Crippen LogP contribution is -2.41. The van der Waals surface area contributed by atoms with E-state index in [0.717, 1.165) is 38.9 Å². The van der Waals surface area contributed by atoms with Crippen molar-refractivity contribution in [3.8, 4) is 0 Å². The smallest absolute Gasteiger partial charge is 0.317 e. The summed E-state index contributed by atoms with van der Waals surface area (Å²) in [5, 5.41) is 3.17. The average molecular weight is 383 g/mol. The molecule has 0 aromatic rings. The van der Waals surface area contributed by atoms with E-state index < -0.39 is 0 Å². The van der Waals surface area contributed by atoms with Crippen molar-refractivity contribution in [1.29, 1.82) is 0 Å². The summed E-state index contributed by atoms with van der Waals surface area (Å²) in [5.41, 5.74) is 0. The maximum atomic E-state index is 12.5. The van der Waals surface area contributed by atoms with E-state index in [1.807, 2.05) is 0 Å². The first-order valence-corrected chi connectivity index (χ1v) is 12.3. The van der Waals surface area contributed by atoms with Crippen molar-refractivity contribution in [3.05, 3.63) is 0 Å². The molecular weight excluding hydrogens is 332 g/mol. The number of carbonyl (C=O) groups excluding carboxylic acids is 1. The van der Waals surface area contributed by atoms with Crippen molar-refractivity contribution < 1.29 is 4.79 Å². The molecule has 0 aromatic carbocycles. The van der Waals surface area contributed by atoms with Gasteiger partial charge in [0, 0.05) is 19.6 Å². The van der Waals surface area contributed by atoms with Gasteiger partial charge < -0.3 is 10.2 Å². The molecule has 0 saturated carbocycles. The van der Waals surface area contributed by atoms with Gasteiger partial charge in [0.1, 0.15) is 0 Å². The first-order chi connectivity index (χ1) is 13.3. The van der Waals surface area contributed by atoms with Gasteiger partial charge in [0.2, 0.25) is 0 Å². The molecule has 0 aliphatic carbocycles. The molecule has 0 aliphatic rings. The first-order valence-electron chi connectivity index (χ1n) is 12.3. The Hall–Kier alpha value is -0.730. The molecule has 0 fully saturated rings. The molecular formula is C24H50N2O. The number of hydrogen-bond donors (Lipinski definition) is 1. The second-order valence-electron chi connectivity index (χ2n) is 8.17. The van der Waals surface area contributed by atoms with E-state index in [1.165, 1.54) is 89.9 Å². The molecule has 0 radical (unpaired) electrons. The fraction of sp³-hybridized carbons (Fsp3) is 0.958. The van der Waals surface area contributed by atoms with Crippen LogP contribution in [-0.2, 0) is 0 Å². The van der Waals surface area contributed by atoms with Gasteiger partial charge in [-0.25, -0.2) is 4.79 Å². The largest absolute Gasteiger partial charge is 0.338 e. The monoisotopic (exact) mass is 382 g/mol. The Morgan fingerprint density at radius 3 is 1.37 bits per heavy atom. The summed E-state index contributed by atoms with van der Waals surface area (Å²) in [7, 11) is 0. The van der Waals surface area contributed by atoms with Gasteiger partial charge in [0.05, 0.1) is 0 Å². The summed E-state index contributed by atoms with van der Waals surface area (Å²) >= 11 is 0. The lowest BCUT2D eigenvalue weighted by atomic mass is 10.1. The van der Waals surface area contributed by atoms with Crippen LogP contribution in [0.1, 0.15) is 130 Å². The third-order valence-corrected chi connectivity index (χ3v) is 5.41. The molecule has 0 atom stereocenters. The number of rotatable bonds is 20. The summed E-state index contributed by atoms with van der Waals surface area (Å²) in [6.07, 6.45) is 21.8. The van der Waals surface area contributed by atoms with E-state index in [0.29, 0.717) is 0 Å². The average Bonchev–Trinajstić information content (AvgIpc) is 2.68. The lowest BCUT2D eigenvalue weighted by molar-refractivity contribution is 0.195. The minimum Gasteiger partial charge on any atom is -0.338 e. The van der Waals surface area contributed by atoms with Crippen LogP contribution in [0, 0.1) is 0 Å². The maximum absolute atomic E-state index is 12.5. The Balaban J connectivity index is 3.81. The summed E-state index contributed by atoms with van der Waals surface area (Å²) in [6.45, 7) is 9.44. The Kier molecular flexibility index (Phi) is 21.0. The van der Waals surface area contributed by atoms with Gasteiger partial charge in [-0.15, -0.1) is 0 Å². The van der Waals surface area contributed by atoms with Crippen LogP contribution in [0.25, 0.3) is 0 Å². The number of nitrogens with one attached hydrogen (secondary N) is 1. The topological polar surface area (TPSA) is 32.3 Å². The first kappa shape index (κ1) is 26.3. The second-order valence-corrected chi connectivity index (χ2v) is 8.17. The van der Waals surface area contributed by atoms with Crippen molar-refractivity contribution in [2.45, 2.75) is 130 Å². The molecule has 162 valence electrons. The molecule has 0 rings (SSSR count). The highest BCUT2D eigenvalue weighted by Gasteiger charge is 2.11. The number of hydrogen-bond acceptors (Lipinski definition) is 1. The molecule has 0 aromatic heterocycles. The standard InChI is InChI=1S/C24H50N2O/c1-4-7-10-13-14-15-16-17-18-21-25-24(27)26(22-19-11-8-5-2)23-20-12-9-6-3/h4-23H2,1-3H3,(H,25,27).